The van der Waals surface area contributed by atoms with Gasteiger partial charge in [0, 0.05) is 11.9 Å². The molecule has 2 aromatic heterocycles. The molecule has 1 aromatic carbocycles. The zero-order valence-corrected chi connectivity index (χ0v) is 15.8. The maximum atomic E-state index is 12.8. The van der Waals surface area contributed by atoms with Gasteiger partial charge in [-0.1, -0.05) is 12.1 Å². The number of hydrogen-bond donors (Lipinski definition) is 1. The quantitative estimate of drug-likeness (QED) is 0.670. The maximum absolute atomic E-state index is 12.8. The summed E-state index contributed by atoms with van der Waals surface area (Å²) in [4.78, 5) is 12.5. The zero-order valence-electron chi connectivity index (χ0n) is 15.8. The third kappa shape index (κ3) is 4.36. The Balaban J connectivity index is 1.66. The van der Waals surface area contributed by atoms with E-state index in [1.54, 1.807) is 31.8 Å². The van der Waals surface area contributed by atoms with Gasteiger partial charge < -0.3 is 10.1 Å². The van der Waals surface area contributed by atoms with Gasteiger partial charge in [-0.25, -0.2) is 8.78 Å². The number of aryl methyl sites for hydroxylation is 1. The SMILES string of the molecule is COc1cccc(Cn2cc(NC(=O)C(C)n3nc(C(F)F)cc3C)cn2)c1. The van der Waals surface area contributed by atoms with Crippen LogP contribution < -0.4 is 10.1 Å². The van der Waals surface area contributed by atoms with Gasteiger partial charge >= 0.3 is 0 Å². The summed E-state index contributed by atoms with van der Waals surface area (Å²) in [6.45, 7) is 3.75. The minimum Gasteiger partial charge on any atom is -0.497 e. The number of benzene rings is 1. The van der Waals surface area contributed by atoms with Crippen molar-refractivity contribution in [2.24, 2.45) is 0 Å². The molecule has 1 unspecified atom stereocenters. The molecule has 0 spiro atoms. The van der Waals surface area contributed by atoms with E-state index in [-0.39, 0.29) is 11.6 Å². The molecule has 0 bridgehead atoms. The summed E-state index contributed by atoms with van der Waals surface area (Å²) in [6, 6.07) is 8.14. The topological polar surface area (TPSA) is 74.0 Å². The first-order chi connectivity index (χ1) is 13.4. The Morgan fingerprint density at radius 1 is 1.32 bits per heavy atom. The Morgan fingerprint density at radius 3 is 2.79 bits per heavy atom. The molecule has 3 rings (SSSR count). The highest BCUT2D eigenvalue weighted by Crippen LogP contribution is 2.21. The van der Waals surface area contributed by atoms with Crippen molar-refractivity contribution < 1.29 is 18.3 Å². The molecule has 2 heterocycles. The molecule has 9 heteroatoms. The summed E-state index contributed by atoms with van der Waals surface area (Å²) in [6.07, 6.45) is 0.556. The van der Waals surface area contributed by atoms with E-state index in [2.05, 4.69) is 15.5 Å². The van der Waals surface area contributed by atoms with Crippen molar-refractivity contribution in [2.45, 2.75) is 32.9 Å². The predicted molar refractivity (Wildman–Crippen MR) is 99.6 cm³/mol. The summed E-state index contributed by atoms with van der Waals surface area (Å²) in [5.74, 6) is 0.387. The molecule has 0 aliphatic heterocycles. The lowest BCUT2D eigenvalue weighted by Crippen LogP contribution is -2.25. The van der Waals surface area contributed by atoms with Crippen LogP contribution in [0.15, 0.2) is 42.7 Å². The lowest BCUT2D eigenvalue weighted by atomic mass is 10.2. The van der Waals surface area contributed by atoms with Crippen LogP contribution in [0.25, 0.3) is 0 Å². The first-order valence-corrected chi connectivity index (χ1v) is 8.68. The van der Waals surface area contributed by atoms with Crippen molar-refractivity contribution in [2.75, 3.05) is 12.4 Å². The van der Waals surface area contributed by atoms with Gasteiger partial charge in [-0.3, -0.25) is 14.2 Å². The Morgan fingerprint density at radius 2 is 2.11 bits per heavy atom. The fourth-order valence-corrected chi connectivity index (χ4v) is 2.84. The first kappa shape index (κ1) is 19.5. The highest BCUT2D eigenvalue weighted by Gasteiger charge is 2.21. The van der Waals surface area contributed by atoms with Gasteiger partial charge in [0.2, 0.25) is 5.91 Å². The largest absolute Gasteiger partial charge is 0.497 e. The van der Waals surface area contributed by atoms with Crippen LogP contribution in [0.2, 0.25) is 0 Å². The number of aromatic nitrogens is 4. The smallest absolute Gasteiger partial charge is 0.282 e. The number of ether oxygens (including phenoxy) is 1. The Labute approximate surface area is 160 Å². The van der Waals surface area contributed by atoms with Crippen molar-refractivity contribution in [1.29, 1.82) is 0 Å². The molecule has 0 saturated carbocycles. The van der Waals surface area contributed by atoms with E-state index in [1.165, 1.54) is 16.9 Å². The standard InChI is InChI=1S/C19H21F2N5O2/c1-12-7-17(18(20)21)24-26(12)13(2)19(27)23-15-9-22-25(11-15)10-14-5-4-6-16(8-14)28-3/h4-9,11,13,18H,10H2,1-3H3,(H,23,27). The van der Waals surface area contributed by atoms with Crippen LogP contribution in [-0.4, -0.2) is 32.6 Å². The van der Waals surface area contributed by atoms with E-state index in [1.807, 2.05) is 24.3 Å². The summed E-state index contributed by atoms with van der Waals surface area (Å²) < 4.78 is 33.8. The number of carbonyl (C=O) groups is 1. The monoisotopic (exact) mass is 389 g/mol. The molecule has 0 saturated heterocycles. The van der Waals surface area contributed by atoms with Crippen molar-refractivity contribution >= 4 is 11.6 Å². The second kappa shape index (κ2) is 8.20. The van der Waals surface area contributed by atoms with Crippen molar-refractivity contribution in [3.8, 4) is 5.75 Å². The maximum Gasteiger partial charge on any atom is 0.282 e. The van der Waals surface area contributed by atoms with E-state index in [0.29, 0.717) is 17.9 Å². The molecule has 1 N–H and O–H groups in total. The minimum absolute atomic E-state index is 0.344. The third-order valence-corrected chi connectivity index (χ3v) is 4.29. The number of alkyl halides is 2. The number of rotatable bonds is 7. The van der Waals surface area contributed by atoms with Gasteiger partial charge in [-0.2, -0.15) is 10.2 Å². The fourth-order valence-electron chi connectivity index (χ4n) is 2.84. The van der Waals surface area contributed by atoms with E-state index >= 15 is 0 Å². The molecule has 0 radical (unpaired) electrons. The van der Waals surface area contributed by atoms with Crippen LogP contribution in [0.4, 0.5) is 14.5 Å². The molecule has 28 heavy (non-hydrogen) atoms. The molecule has 0 aliphatic carbocycles. The van der Waals surface area contributed by atoms with Crippen LogP contribution in [0, 0.1) is 6.92 Å². The molecule has 1 amide bonds. The number of nitrogens with zero attached hydrogens (tertiary/aromatic N) is 4. The van der Waals surface area contributed by atoms with E-state index < -0.39 is 12.5 Å². The van der Waals surface area contributed by atoms with E-state index in [4.69, 9.17) is 4.74 Å². The number of amides is 1. The van der Waals surface area contributed by atoms with Crippen LogP contribution in [0.5, 0.6) is 5.75 Å². The normalized spacial score (nSPS) is 12.2. The van der Waals surface area contributed by atoms with Crippen molar-refractivity contribution in [3.05, 3.63) is 59.7 Å². The summed E-state index contributed by atoms with van der Waals surface area (Å²) in [5, 5.41) is 10.8. The average molecular weight is 389 g/mol. The number of carbonyl (C=O) groups excluding carboxylic acids is 1. The lowest BCUT2D eigenvalue weighted by Gasteiger charge is -2.13. The van der Waals surface area contributed by atoms with E-state index in [0.717, 1.165) is 11.3 Å². The number of hydrogen-bond acceptors (Lipinski definition) is 4. The lowest BCUT2D eigenvalue weighted by molar-refractivity contribution is -0.119. The number of methoxy groups -OCH3 is 1. The second-order valence-electron chi connectivity index (χ2n) is 6.40. The molecule has 148 valence electrons. The highest BCUT2D eigenvalue weighted by atomic mass is 19.3. The number of halogens is 2. The second-order valence-corrected chi connectivity index (χ2v) is 6.40. The predicted octanol–water partition coefficient (Wildman–Crippen LogP) is 3.58. The van der Waals surface area contributed by atoms with Crippen LogP contribution >= 0.6 is 0 Å². The Bertz CT molecular complexity index is 967. The summed E-state index contributed by atoms with van der Waals surface area (Å²) in [7, 11) is 1.60. The van der Waals surface area contributed by atoms with Crippen LogP contribution in [-0.2, 0) is 11.3 Å². The van der Waals surface area contributed by atoms with Crippen molar-refractivity contribution in [3.63, 3.8) is 0 Å². The van der Waals surface area contributed by atoms with Crippen LogP contribution in [0.3, 0.4) is 0 Å². The fraction of sp³-hybridized carbons (Fsp3) is 0.316. The highest BCUT2D eigenvalue weighted by molar-refractivity contribution is 5.93. The van der Waals surface area contributed by atoms with Gasteiger partial charge in [0.15, 0.2) is 0 Å². The van der Waals surface area contributed by atoms with Gasteiger partial charge in [0.05, 0.1) is 25.5 Å². The third-order valence-electron chi connectivity index (χ3n) is 4.29. The van der Waals surface area contributed by atoms with E-state index in [9.17, 15) is 13.6 Å². The van der Waals surface area contributed by atoms with Crippen molar-refractivity contribution in [1.82, 2.24) is 19.6 Å². The Kier molecular flexibility index (Phi) is 5.72. The summed E-state index contributed by atoms with van der Waals surface area (Å²) >= 11 is 0. The molecule has 1 atom stereocenters. The van der Waals surface area contributed by atoms with Gasteiger partial charge in [-0.05, 0) is 37.6 Å². The Hall–Kier alpha value is -3.23. The molecular formula is C19H21F2N5O2. The molecule has 0 aliphatic rings. The van der Waals surface area contributed by atoms with Crippen LogP contribution in [0.1, 0.15) is 36.3 Å². The summed E-state index contributed by atoms with van der Waals surface area (Å²) in [5.41, 5.74) is 1.66. The zero-order chi connectivity index (χ0) is 20.3. The first-order valence-electron chi connectivity index (χ1n) is 8.68. The average Bonchev–Trinajstić information content (AvgIpc) is 3.27. The van der Waals surface area contributed by atoms with Gasteiger partial charge in [0.25, 0.3) is 6.43 Å². The van der Waals surface area contributed by atoms with Gasteiger partial charge in [0.1, 0.15) is 17.5 Å². The molecule has 0 fully saturated rings. The van der Waals surface area contributed by atoms with Gasteiger partial charge in [-0.15, -0.1) is 0 Å². The molecule has 3 aromatic rings. The molecular weight excluding hydrogens is 368 g/mol. The molecule has 7 nitrogen and oxygen atoms in total. The minimum atomic E-state index is -2.68. The number of nitrogens with one attached hydrogen (secondary N) is 1. The number of anilines is 1.